The third-order valence-electron chi connectivity index (χ3n) is 2.89. The van der Waals surface area contributed by atoms with Gasteiger partial charge in [0.05, 0.1) is 6.10 Å². The average molecular weight is 248 g/mol. The van der Waals surface area contributed by atoms with Crippen LogP contribution in [0.4, 0.5) is 0 Å². The Morgan fingerprint density at radius 1 is 1.17 bits per heavy atom. The van der Waals surface area contributed by atoms with Crippen molar-refractivity contribution in [3.63, 3.8) is 0 Å². The summed E-state index contributed by atoms with van der Waals surface area (Å²) in [5.41, 5.74) is 1.32. The monoisotopic (exact) mass is 248 g/mol. The summed E-state index contributed by atoms with van der Waals surface area (Å²) < 4.78 is 5.75. The molecule has 1 aliphatic rings. The highest BCUT2D eigenvalue weighted by Gasteiger charge is 2.12. The standard InChI is InChI=1S/C16H26NO/c1-4-6-13-18-15(3)14-16-10-8-7-9-12-17(16)11-5-2/h7-10,12H,4-6,11,13-14H2,1-3H3. The minimum atomic E-state index is 0.842. The molecule has 1 rings (SSSR count). The molecule has 18 heavy (non-hydrogen) atoms. The summed E-state index contributed by atoms with van der Waals surface area (Å²) in [6.07, 6.45) is 16.1. The van der Waals surface area contributed by atoms with Crippen LogP contribution in [-0.2, 0) is 4.74 Å². The summed E-state index contributed by atoms with van der Waals surface area (Å²) in [4.78, 5) is 2.31. The van der Waals surface area contributed by atoms with E-state index in [-0.39, 0.29) is 0 Å². The Morgan fingerprint density at radius 3 is 2.72 bits per heavy atom. The molecule has 1 radical (unpaired) electrons. The molecule has 0 amide bonds. The predicted molar refractivity (Wildman–Crippen MR) is 77.8 cm³/mol. The molecular formula is C16H26NO. The van der Waals surface area contributed by atoms with Crippen molar-refractivity contribution < 1.29 is 4.74 Å². The summed E-state index contributed by atoms with van der Waals surface area (Å²) in [6, 6.07) is 0. The van der Waals surface area contributed by atoms with Crippen LogP contribution in [0.2, 0.25) is 0 Å². The number of hydrogen-bond acceptors (Lipinski definition) is 2. The number of allylic oxidation sites excluding steroid dienone is 4. The van der Waals surface area contributed by atoms with E-state index >= 15 is 0 Å². The molecule has 101 valence electrons. The van der Waals surface area contributed by atoms with Crippen LogP contribution in [0.15, 0.2) is 36.2 Å². The third-order valence-corrected chi connectivity index (χ3v) is 2.89. The molecule has 2 nitrogen and oxygen atoms in total. The maximum Gasteiger partial charge on any atom is 0.0998 e. The van der Waals surface area contributed by atoms with Gasteiger partial charge in [-0.1, -0.05) is 32.4 Å². The van der Waals surface area contributed by atoms with Crippen molar-refractivity contribution in [3.8, 4) is 0 Å². The molecule has 0 saturated heterocycles. The van der Waals surface area contributed by atoms with Crippen molar-refractivity contribution >= 4 is 0 Å². The molecule has 0 aromatic heterocycles. The molecule has 1 heterocycles. The Morgan fingerprint density at radius 2 is 2.00 bits per heavy atom. The molecule has 1 aliphatic heterocycles. The maximum absolute atomic E-state index is 5.75. The van der Waals surface area contributed by atoms with Crippen molar-refractivity contribution in [2.75, 3.05) is 13.2 Å². The number of nitrogens with zero attached hydrogens (tertiary/aromatic N) is 1. The lowest BCUT2D eigenvalue weighted by Gasteiger charge is -2.24. The molecule has 0 aliphatic carbocycles. The van der Waals surface area contributed by atoms with Crippen molar-refractivity contribution in [1.82, 2.24) is 4.90 Å². The van der Waals surface area contributed by atoms with E-state index in [1.165, 1.54) is 12.1 Å². The van der Waals surface area contributed by atoms with Crippen LogP contribution in [0.5, 0.6) is 0 Å². The fourth-order valence-electron chi connectivity index (χ4n) is 1.89. The zero-order valence-electron chi connectivity index (χ0n) is 12.0. The first kappa shape index (κ1) is 15.0. The molecule has 0 aromatic carbocycles. The Kier molecular flexibility index (Phi) is 7.51. The van der Waals surface area contributed by atoms with E-state index in [1.54, 1.807) is 0 Å². The second-order valence-electron chi connectivity index (χ2n) is 4.66. The van der Waals surface area contributed by atoms with E-state index in [9.17, 15) is 0 Å². The SMILES string of the molecule is CCCCO[C](C)CC1=CC=CC=CN1CCC. The molecule has 2 heteroatoms. The average Bonchev–Trinajstić information content (AvgIpc) is 2.56. The van der Waals surface area contributed by atoms with E-state index in [0.29, 0.717) is 0 Å². The number of hydrogen-bond donors (Lipinski definition) is 0. The first-order valence-corrected chi connectivity index (χ1v) is 7.03. The van der Waals surface area contributed by atoms with E-state index in [1.807, 2.05) is 0 Å². The van der Waals surface area contributed by atoms with Crippen LogP contribution >= 0.6 is 0 Å². The van der Waals surface area contributed by atoms with Crippen molar-refractivity contribution in [1.29, 1.82) is 0 Å². The summed E-state index contributed by atoms with van der Waals surface area (Å²) in [6.45, 7) is 8.38. The van der Waals surface area contributed by atoms with Gasteiger partial charge in [-0.25, -0.2) is 0 Å². The molecular weight excluding hydrogens is 222 g/mol. The minimum absolute atomic E-state index is 0.842. The molecule has 0 saturated carbocycles. The highest BCUT2D eigenvalue weighted by molar-refractivity contribution is 5.23. The smallest absolute Gasteiger partial charge is 0.0998 e. The third kappa shape index (κ3) is 5.54. The molecule has 0 spiro atoms. The van der Waals surface area contributed by atoms with Gasteiger partial charge in [0.25, 0.3) is 0 Å². The highest BCUT2D eigenvalue weighted by Crippen LogP contribution is 2.21. The van der Waals surface area contributed by atoms with Gasteiger partial charge in [-0.3, -0.25) is 0 Å². The second kappa shape index (κ2) is 8.98. The second-order valence-corrected chi connectivity index (χ2v) is 4.66. The minimum Gasteiger partial charge on any atom is -0.372 e. The Labute approximate surface area is 112 Å². The molecule has 0 N–H and O–H groups in total. The fraction of sp³-hybridized carbons (Fsp3) is 0.562. The molecule has 0 fully saturated rings. The van der Waals surface area contributed by atoms with Gasteiger partial charge < -0.3 is 9.64 Å². The largest absolute Gasteiger partial charge is 0.372 e. The van der Waals surface area contributed by atoms with Gasteiger partial charge in [0.1, 0.15) is 0 Å². The van der Waals surface area contributed by atoms with Crippen molar-refractivity contribution in [2.24, 2.45) is 0 Å². The molecule has 0 atom stereocenters. The zero-order chi connectivity index (χ0) is 13.2. The van der Waals surface area contributed by atoms with Gasteiger partial charge in [-0.05, 0) is 31.9 Å². The normalized spacial score (nSPS) is 15.1. The van der Waals surface area contributed by atoms with Crippen LogP contribution in [0.3, 0.4) is 0 Å². The van der Waals surface area contributed by atoms with Gasteiger partial charge in [0, 0.05) is 31.5 Å². The number of unbranched alkanes of at least 4 members (excludes halogenated alkanes) is 1. The van der Waals surface area contributed by atoms with Crippen LogP contribution in [0, 0.1) is 6.10 Å². The van der Waals surface area contributed by atoms with Crippen LogP contribution in [0.1, 0.15) is 46.5 Å². The van der Waals surface area contributed by atoms with E-state index < -0.39 is 0 Å². The molecule has 0 unspecified atom stereocenters. The van der Waals surface area contributed by atoms with Crippen molar-refractivity contribution in [2.45, 2.75) is 46.5 Å². The summed E-state index contributed by atoms with van der Waals surface area (Å²) >= 11 is 0. The molecule has 0 aromatic rings. The van der Waals surface area contributed by atoms with E-state index in [2.05, 4.69) is 56.2 Å². The summed E-state index contributed by atoms with van der Waals surface area (Å²) in [5, 5.41) is 0. The van der Waals surface area contributed by atoms with Crippen LogP contribution in [0.25, 0.3) is 0 Å². The lowest BCUT2D eigenvalue weighted by Crippen LogP contribution is -2.19. The molecule has 0 bridgehead atoms. The summed E-state index contributed by atoms with van der Waals surface area (Å²) in [5.74, 6) is 0. The van der Waals surface area contributed by atoms with Gasteiger partial charge in [-0.15, -0.1) is 0 Å². The highest BCUT2D eigenvalue weighted by atomic mass is 16.5. The number of ether oxygens (including phenoxy) is 1. The summed E-state index contributed by atoms with van der Waals surface area (Å²) in [7, 11) is 0. The first-order valence-electron chi connectivity index (χ1n) is 7.03. The predicted octanol–water partition coefficient (Wildman–Crippen LogP) is 4.42. The van der Waals surface area contributed by atoms with E-state index in [4.69, 9.17) is 4.74 Å². The van der Waals surface area contributed by atoms with Crippen LogP contribution in [-0.4, -0.2) is 18.1 Å². The number of rotatable bonds is 8. The lowest BCUT2D eigenvalue weighted by molar-refractivity contribution is 0.139. The van der Waals surface area contributed by atoms with Gasteiger partial charge in [-0.2, -0.15) is 0 Å². The lowest BCUT2D eigenvalue weighted by atomic mass is 10.2. The zero-order valence-corrected chi connectivity index (χ0v) is 12.0. The van der Waals surface area contributed by atoms with Crippen molar-refractivity contribution in [3.05, 3.63) is 42.3 Å². The Bertz CT molecular complexity index is 304. The van der Waals surface area contributed by atoms with Gasteiger partial charge >= 0.3 is 0 Å². The van der Waals surface area contributed by atoms with E-state index in [0.717, 1.165) is 38.5 Å². The quantitative estimate of drug-likeness (QED) is 0.589. The van der Waals surface area contributed by atoms with Gasteiger partial charge in [0.15, 0.2) is 0 Å². The Balaban J connectivity index is 2.48. The Hall–Kier alpha value is -1.02. The topological polar surface area (TPSA) is 12.5 Å². The van der Waals surface area contributed by atoms with Crippen LogP contribution < -0.4 is 0 Å². The van der Waals surface area contributed by atoms with Gasteiger partial charge in [0.2, 0.25) is 0 Å². The fourth-order valence-corrected chi connectivity index (χ4v) is 1.89. The maximum atomic E-state index is 5.75. The first-order chi connectivity index (χ1) is 8.77.